The molecule has 0 amide bonds. The monoisotopic (exact) mass is 348 g/mol. The Balaban J connectivity index is 1.63. The van der Waals surface area contributed by atoms with Crippen molar-refractivity contribution < 1.29 is 9.13 Å². The minimum atomic E-state index is -1.27. The van der Waals surface area contributed by atoms with Gasteiger partial charge in [-0.1, -0.05) is 58.4 Å². The van der Waals surface area contributed by atoms with Gasteiger partial charge in [-0.2, -0.15) is 0 Å². The van der Waals surface area contributed by atoms with Gasteiger partial charge in [0, 0.05) is 17.3 Å². The summed E-state index contributed by atoms with van der Waals surface area (Å²) in [5, 5.41) is 0. The molecule has 1 aliphatic carbocycles. The van der Waals surface area contributed by atoms with Crippen LogP contribution in [0.2, 0.25) is 0 Å². The average molecular weight is 349 g/mol. The molecule has 0 bridgehead atoms. The second kappa shape index (κ2) is 5.54. The minimum Gasteiger partial charge on any atom is -0.370 e. The van der Waals surface area contributed by atoms with E-state index in [0.717, 1.165) is 15.6 Å². The number of benzene rings is 2. The van der Waals surface area contributed by atoms with E-state index in [4.69, 9.17) is 4.74 Å². The Kier molecular flexibility index (Phi) is 3.89. The Labute approximate surface area is 133 Å². The van der Waals surface area contributed by atoms with Gasteiger partial charge < -0.3 is 4.74 Å². The van der Waals surface area contributed by atoms with Gasteiger partial charge in [-0.15, -0.1) is 0 Å². The van der Waals surface area contributed by atoms with Gasteiger partial charge in [-0.05, 0) is 30.2 Å². The fourth-order valence-corrected chi connectivity index (χ4v) is 3.44. The zero-order valence-electron chi connectivity index (χ0n) is 12.0. The Morgan fingerprint density at radius 3 is 2.48 bits per heavy atom. The summed E-state index contributed by atoms with van der Waals surface area (Å²) in [7, 11) is 0. The van der Waals surface area contributed by atoms with Gasteiger partial charge in [0.2, 0.25) is 0 Å². The first-order chi connectivity index (χ1) is 9.99. The van der Waals surface area contributed by atoms with Crippen LogP contribution < -0.4 is 0 Å². The van der Waals surface area contributed by atoms with Gasteiger partial charge in [0.1, 0.15) is 5.67 Å². The van der Waals surface area contributed by atoms with E-state index >= 15 is 0 Å². The third-order valence-corrected chi connectivity index (χ3v) is 4.57. The molecule has 0 heterocycles. The number of hydrogen-bond donors (Lipinski definition) is 0. The molecular formula is C18H18BrFO. The quantitative estimate of drug-likeness (QED) is 0.720. The van der Waals surface area contributed by atoms with Crippen LogP contribution >= 0.6 is 15.9 Å². The summed E-state index contributed by atoms with van der Waals surface area (Å²) < 4.78 is 21.8. The number of hydrogen-bond acceptors (Lipinski definition) is 1. The lowest BCUT2D eigenvalue weighted by atomic mass is 9.66. The summed E-state index contributed by atoms with van der Waals surface area (Å²) in [5.74, 6) is 0. The van der Waals surface area contributed by atoms with Crippen LogP contribution in [0.4, 0.5) is 4.39 Å². The first-order valence-corrected chi connectivity index (χ1v) is 7.91. The highest BCUT2D eigenvalue weighted by atomic mass is 79.9. The van der Waals surface area contributed by atoms with Crippen molar-refractivity contribution in [3.8, 4) is 0 Å². The van der Waals surface area contributed by atoms with Crippen molar-refractivity contribution >= 4 is 15.9 Å². The number of rotatable bonds is 4. The lowest BCUT2D eigenvalue weighted by molar-refractivity contribution is -0.177. The number of halogens is 2. The maximum atomic E-state index is 14.9. The fraction of sp³-hybridized carbons (Fsp3) is 0.333. The summed E-state index contributed by atoms with van der Waals surface area (Å²) in [6, 6.07) is 17.5. The van der Waals surface area contributed by atoms with Crippen molar-refractivity contribution in [2.75, 3.05) is 0 Å². The molecule has 0 N–H and O–H groups in total. The molecule has 2 aromatic carbocycles. The molecule has 0 atom stereocenters. The lowest BCUT2D eigenvalue weighted by Gasteiger charge is -2.49. The minimum absolute atomic E-state index is 0.382. The zero-order valence-corrected chi connectivity index (χ0v) is 13.6. The molecular weight excluding hydrogens is 331 g/mol. The molecule has 1 aliphatic rings. The third-order valence-electron chi connectivity index (χ3n) is 4.08. The molecule has 2 aromatic rings. The Hall–Kier alpha value is -1.19. The van der Waals surface area contributed by atoms with Crippen molar-refractivity contribution in [2.45, 2.75) is 37.6 Å². The molecule has 1 fully saturated rings. The first kappa shape index (κ1) is 14.7. The van der Waals surface area contributed by atoms with Crippen molar-refractivity contribution in [1.82, 2.24) is 0 Å². The standard InChI is InChI=1S/C18H18BrFO/c1-17(21-11-14-6-3-2-4-7-14)12-18(20,13-17)15-8-5-9-16(19)10-15/h2-10H,11-13H2,1H3/t17-,18-. The third kappa shape index (κ3) is 3.19. The molecule has 3 rings (SSSR count). The van der Waals surface area contributed by atoms with E-state index in [1.807, 2.05) is 61.5 Å². The summed E-state index contributed by atoms with van der Waals surface area (Å²) in [6.07, 6.45) is 0.812. The molecule has 0 spiro atoms. The van der Waals surface area contributed by atoms with Gasteiger partial charge in [0.05, 0.1) is 12.2 Å². The van der Waals surface area contributed by atoms with E-state index in [2.05, 4.69) is 15.9 Å². The van der Waals surface area contributed by atoms with E-state index in [1.165, 1.54) is 0 Å². The molecule has 1 nitrogen and oxygen atoms in total. The second-order valence-corrected chi connectivity index (χ2v) is 6.97. The van der Waals surface area contributed by atoms with Gasteiger partial charge in [0.25, 0.3) is 0 Å². The molecule has 110 valence electrons. The zero-order chi connectivity index (χ0) is 14.9. The molecule has 0 unspecified atom stereocenters. The van der Waals surface area contributed by atoms with Crippen LogP contribution in [-0.4, -0.2) is 5.60 Å². The predicted molar refractivity (Wildman–Crippen MR) is 85.8 cm³/mol. The highest BCUT2D eigenvalue weighted by Crippen LogP contribution is 2.53. The topological polar surface area (TPSA) is 9.23 Å². The smallest absolute Gasteiger partial charge is 0.141 e. The molecule has 0 aromatic heterocycles. The molecule has 3 heteroatoms. The van der Waals surface area contributed by atoms with Crippen LogP contribution in [0.5, 0.6) is 0 Å². The van der Waals surface area contributed by atoms with Gasteiger partial charge >= 0.3 is 0 Å². The Bertz CT molecular complexity index is 620. The number of ether oxygens (including phenoxy) is 1. The SMILES string of the molecule is C[C@]1(OCc2ccccc2)C[C@@](F)(c2cccc(Br)c2)C1. The maximum absolute atomic E-state index is 14.9. The second-order valence-electron chi connectivity index (χ2n) is 6.05. The summed E-state index contributed by atoms with van der Waals surface area (Å²) in [6.45, 7) is 2.53. The molecule has 1 saturated carbocycles. The first-order valence-electron chi connectivity index (χ1n) is 7.12. The normalized spacial score (nSPS) is 28.1. The molecule has 21 heavy (non-hydrogen) atoms. The van der Waals surface area contributed by atoms with Crippen LogP contribution in [0, 0.1) is 0 Å². The average Bonchev–Trinajstić information content (AvgIpc) is 2.45. The lowest BCUT2D eigenvalue weighted by Crippen LogP contribution is -2.51. The van der Waals surface area contributed by atoms with Gasteiger partial charge in [-0.3, -0.25) is 0 Å². The predicted octanol–water partition coefficient (Wildman–Crippen LogP) is 5.38. The highest BCUT2D eigenvalue weighted by molar-refractivity contribution is 9.10. The van der Waals surface area contributed by atoms with Crippen LogP contribution in [0.3, 0.4) is 0 Å². The molecule has 0 saturated heterocycles. The summed E-state index contributed by atoms with van der Waals surface area (Å²) in [4.78, 5) is 0. The van der Waals surface area contributed by atoms with E-state index in [-0.39, 0.29) is 5.60 Å². The van der Waals surface area contributed by atoms with Crippen molar-refractivity contribution in [3.63, 3.8) is 0 Å². The van der Waals surface area contributed by atoms with E-state index < -0.39 is 5.67 Å². The van der Waals surface area contributed by atoms with Crippen LogP contribution in [0.15, 0.2) is 59.1 Å². The Morgan fingerprint density at radius 1 is 1.10 bits per heavy atom. The van der Waals surface area contributed by atoms with E-state index in [1.54, 1.807) is 0 Å². The van der Waals surface area contributed by atoms with E-state index in [9.17, 15) is 4.39 Å². The van der Waals surface area contributed by atoms with Crippen molar-refractivity contribution in [2.24, 2.45) is 0 Å². The van der Waals surface area contributed by atoms with Gasteiger partial charge in [-0.25, -0.2) is 4.39 Å². The number of alkyl halides is 1. The Morgan fingerprint density at radius 2 is 1.81 bits per heavy atom. The van der Waals surface area contributed by atoms with Crippen molar-refractivity contribution in [1.29, 1.82) is 0 Å². The van der Waals surface area contributed by atoms with Crippen LogP contribution in [-0.2, 0) is 17.0 Å². The van der Waals surface area contributed by atoms with Crippen molar-refractivity contribution in [3.05, 3.63) is 70.2 Å². The van der Waals surface area contributed by atoms with E-state index in [0.29, 0.717) is 19.4 Å². The highest BCUT2D eigenvalue weighted by Gasteiger charge is 2.54. The summed E-state index contributed by atoms with van der Waals surface area (Å²) in [5.41, 5.74) is 0.206. The molecule has 0 radical (unpaired) electrons. The largest absolute Gasteiger partial charge is 0.370 e. The fourth-order valence-electron chi connectivity index (χ4n) is 3.04. The molecule has 0 aliphatic heterocycles. The maximum Gasteiger partial charge on any atom is 0.141 e. The van der Waals surface area contributed by atoms with Crippen LogP contribution in [0.1, 0.15) is 30.9 Å². The summed E-state index contributed by atoms with van der Waals surface area (Å²) >= 11 is 3.40. The van der Waals surface area contributed by atoms with Crippen LogP contribution in [0.25, 0.3) is 0 Å². The van der Waals surface area contributed by atoms with Gasteiger partial charge in [0.15, 0.2) is 0 Å².